The number of halogens is 1. The Hall–Kier alpha value is -0.600. The Bertz CT molecular complexity index is 368. The van der Waals surface area contributed by atoms with Crippen molar-refractivity contribution < 1.29 is 0 Å². The van der Waals surface area contributed by atoms with Crippen LogP contribution in [0.15, 0.2) is 24.3 Å². The van der Waals surface area contributed by atoms with Gasteiger partial charge in [0.1, 0.15) is 0 Å². The van der Waals surface area contributed by atoms with Gasteiger partial charge in [0.25, 0.3) is 0 Å². The zero-order valence-electron chi connectivity index (χ0n) is 9.92. The summed E-state index contributed by atoms with van der Waals surface area (Å²) in [5, 5.41) is 4.16. The third kappa shape index (κ3) is 3.97. The van der Waals surface area contributed by atoms with E-state index in [4.69, 9.17) is 23.8 Å². The average Bonchev–Trinajstić information content (AvgIpc) is 2.39. The van der Waals surface area contributed by atoms with Crippen molar-refractivity contribution in [2.75, 3.05) is 0 Å². The second kappa shape index (κ2) is 6.36. The second-order valence-corrected chi connectivity index (χ2v) is 5.56. The topological polar surface area (TPSA) is 12.0 Å². The lowest BCUT2D eigenvalue weighted by atomic mass is 9.89. The number of benzene rings is 1. The molecule has 1 fully saturated rings. The van der Waals surface area contributed by atoms with Crippen molar-refractivity contribution in [3.8, 4) is 0 Å². The fourth-order valence-electron chi connectivity index (χ4n) is 2.30. The largest absolute Gasteiger partial charge is 0.375 e. The fourth-order valence-corrected chi connectivity index (χ4v) is 2.73. The lowest BCUT2D eigenvalue weighted by molar-refractivity contribution is 0.435. The highest BCUT2D eigenvalue weighted by atomic mass is 35.5. The molecule has 1 aliphatic rings. The number of thiocarbonyl (C=S) groups is 1. The SMILES string of the molecule is S=C(NCc1ccc(Cl)cc1)C1CCCCC1. The summed E-state index contributed by atoms with van der Waals surface area (Å²) in [7, 11) is 0. The van der Waals surface area contributed by atoms with Gasteiger partial charge in [0, 0.05) is 17.5 Å². The molecule has 0 unspecified atom stereocenters. The summed E-state index contributed by atoms with van der Waals surface area (Å²) < 4.78 is 0. The first-order chi connectivity index (χ1) is 8.25. The average molecular weight is 268 g/mol. The van der Waals surface area contributed by atoms with Crippen LogP contribution in [0.5, 0.6) is 0 Å². The molecule has 1 N–H and O–H groups in total. The first kappa shape index (κ1) is 12.8. The van der Waals surface area contributed by atoms with E-state index in [0.717, 1.165) is 16.6 Å². The molecule has 0 aromatic heterocycles. The zero-order valence-corrected chi connectivity index (χ0v) is 11.5. The van der Waals surface area contributed by atoms with Crippen LogP contribution in [-0.2, 0) is 6.54 Å². The normalized spacial score (nSPS) is 16.8. The molecule has 1 aromatic carbocycles. The van der Waals surface area contributed by atoms with Gasteiger partial charge < -0.3 is 5.32 Å². The van der Waals surface area contributed by atoms with E-state index in [1.807, 2.05) is 24.3 Å². The van der Waals surface area contributed by atoms with Crippen LogP contribution in [0.3, 0.4) is 0 Å². The summed E-state index contributed by atoms with van der Waals surface area (Å²) in [4.78, 5) is 1.04. The Kier molecular flexibility index (Phi) is 4.81. The minimum Gasteiger partial charge on any atom is -0.375 e. The maximum absolute atomic E-state index is 5.85. The molecule has 0 amide bonds. The van der Waals surface area contributed by atoms with Gasteiger partial charge in [-0.05, 0) is 30.5 Å². The zero-order chi connectivity index (χ0) is 12.1. The van der Waals surface area contributed by atoms with Crippen LogP contribution in [0.4, 0.5) is 0 Å². The Morgan fingerprint density at radius 1 is 1.18 bits per heavy atom. The Balaban J connectivity index is 1.81. The van der Waals surface area contributed by atoms with E-state index in [1.54, 1.807) is 0 Å². The molecule has 0 saturated heterocycles. The standard InChI is InChI=1S/C14H18ClNS/c15-13-8-6-11(7-9-13)10-16-14(17)12-4-2-1-3-5-12/h6-9,12H,1-5,10H2,(H,16,17). The van der Waals surface area contributed by atoms with Crippen molar-refractivity contribution in [1.82, 2.24) is 5.32 Å². The lowest BCUT2D eigenvalue weighted by Gasteiger charge is -2.23. The lowest BCUT2D eigenvalue weighted by Crippen LogP contribution is -2.29. The molecule has 0 spiro atoms. The predicted molar refractivity (Wildman–Crippen MR) is 77.5 cm³/mol. The van der Waals surface area contributed by atoms with E-state index >= 15 is 0 Å². The van der Waals surface area contributed by atoms with E-state index in [1.165, 1.54) is 37.7 Å². The monoisotopic (exact) mass is 267 g/mol. The van der Waals surface area contributed by atoms with Gasteiger partial charge in [-0.2, -0.15) is 0 Å². The van der Waals surface area contributed by atoms with Crippen LogP contribution >= 0.6 is 23.8 Å². The molecule has 1 saturated carbocycles. The van der Waals surface area contributed by atoms with Crippen LogP contribution in [0.1, 0.15) is 37.7 Å². The van der Waals surface area contributed by atoms with Crippen molar-refractivity contribution in [3.63, 3.8) is 0 Å². The van der Waals surface area contributed by atoms with Crippen LogP contribution in [0, 0.1) is 5.92 Å². The van der Waals surface area contributed by atoms with Crippen LogP contribution < -0.4 is 5.32 Å². The molecule has 3 heteroatoms. The first-order valence-corrected chi connectivity index (χ1v) is 7.06. The highest BCUT2D eigenvalue weighted by Gasteiger charge is 2.17. The molecule has 1 aromatic rings. The quantitative estimate of drug-likeness (QED) is 0.818. The van der Waals surface area contributed by atoms with Gasteiger partial charge in [-0.1, -0.05) is 55.2 Å². The molecule has 0 aliphatic heterocycles. The van der Waals surface area contributed by atoms with Crippen molar-refractivity contribution in [2.45, 2.75) is 38.6 Å². The third-order valence-corrected chi connectivity index (χ3v) is 4.09. The molecule has 0 atom stereocenters. The molecule has 92 valence electrons. The smallest absolute Gasteiger partial charge is 0.0787 e. The molecular weight excluding hydrogens is 250 g/mol. The molecular formula is C14H18ClNS. The summed E-state index contributed by atoms with van der Waals surface area (Å²) in [6.45, 7) is 0.812. The fraction of sp³-hybridized carbons (Fsp3) is 0.500. The number of nitrogens with one attached hydrogen (secondary N) is 1. The van der Waals surface area contributed by atoms with E-state index in [-0.39, 0.29) is 0 Å². The summed E-state index contributed by atoms with van der Waals surface area (Å²) in [6.07, 6.45) is 6.54. The highest BCUT2D eigenvalue weighted by Crippen LogP contribution is 2.24. The third-order valence-electron chi connectivity index (χ3n) is 3.36. The predicted octanol–water partition coefficient (Wildman–Crippen LogP) is 4.34. The maximum atomic E-state index is 5.85. The molecule has 0 radical (unpaired) electrons. The van der Waals surface area contributed by atoms with Gasteiger partial charge >= 0.3 is 0 Å². The summed E-state index contributed by atoms with van der Waals surface area (Å²) >= 11 is 11.3. The summed E-state index contributed by atoms with van der Waals surface area (Å²) in [6, 6.07) is 7.92. The summed E-state index contributed by atoms with van der Waals surface area (Å²) in [5.41, 5.74) is 1.23. The Morgan fingerprint density at radius 2 is 1.82 bits per heavy atom. The van der Waals surface area contributed by atoms with Gasteiger partial charge in [0.2, 0.25) is 0 Å². The van der Waals surface area contributed by atoms with Crippen LogP contribution in [0.25, 0.3) is 0 Å². The number of rotatable bonds is 3. The Morgan fingerprint density at radius 3 is 2.47 bits per heavy atom. The second-order valence-electron chi connectivity index (χ2n) is 4.68. The van der Waals surface area contributed by atoms with Crippen molar-refractivity contribution in [3.05, 3.63) is 34.9 Å². The van der Waals surface area contributed by atoms with Gasteiger partial charge in [-0.25, -0.2) is 0 Å². The van der Waals surface area contributed by atoms with Crippen molar-refractivity contribution in [2.24, 2.45) is 5.92 Å². The molecule has 2 rings (SSSR count). The van der Waals surface area contributed by atoms with E-state index in [9.17, 15) is 0 Å². The van der Waals surface area contributed by atoms with Crippen LogP contribution in [0.2, 0.25) is 5.02 Å². The van der Waals surface area contributed by atoms with E-state index in [0.29, 0.717) is 5.92 Å². The molecule has 1 nitrogen and oxygen atoms in total. The van der Waals surface area contributed by atoms with E-state index < -0.39 is 0 Å². The van der Waals surface area contributed by atoms with Crippen molar-refractivity contribution >= 4 is 28.8 Å². The van der Waals surface area contributed by atoms with Gasteiger partial charge in [-0.3, -0.25) is 0 Å². The van der Waals surface area contributed by atoms with Crippen LogP contribution in [-0.4, -0.2) is 4.99 Å². The van der Waals surface area contributed by atoms with E-state index in [2.05, 4.69) is 5.32 Å². The Labute approximate surface area is 114 Å². The van der Waals surface area contributed by atoms with Crippen molar-refractivity contribution in [1.29, 1.82) is 0 Å². The molecule has 1 aliphatic carbocycles. The maximum Gasteiger partial charge on any atom is 0.0787 e. The molecule has 0 heterocycles. The van der Waals surface area contributed by atoms with Gasteiger partial charge in [0.05, 0.1) is 4.99 Å². The number of hydrogen-bond donors (Lipinski definition) is 1. The number of hydrogen-bond acceptors (Lipinski definition) is 1. The highest BCUT2D eigenvalue weighted by molar-refractivity contribution is 7.80. The summed E-state index contributed by atoms with van der Waals surface area (Å²) in [5.74, 6) is 0.603. The molecule has 17 heavy (non-hydrogen) atoms. The minimum atomic E-state index is 0.603. The van der Waals surface area contributed by atoms with Gasteiger partial charge in [0.15, 0.2) is 0 Å². The minimum absolute atomic E-state index is 0.603. The first-order valence-electron chi connectivity index (χ1n) is 6.28. The molecule has 0 bridgehead atoms. The van der Waals surface area contributed by atoms with Gasteiger partial charge in [-0.15, -0.1) is 0 Å².